The summed E-state index contributed by atoms with van der Waals surface area (Å²) in [4.78, 5) is 12.0. The van der Waals surface area contributed by atoms with Crippen molar-refractivity contribution in [3.8, 4) is 0 Å². The predicted octanol–water partition coefficient (Wildman–Crippen LogP) is 0.924. The Bertz CT molecular complexity index is 463. The first-order valence-corrected chi connectivity index (χ1v) is 4.66. The van der Waals surface area contributed by atoms with Gasteiger partial charge >= 0.3 is 0 Å². The first-order valence-electron chi connectivity index (χ1n) is 4.66. The van der Waals surface area contributed by atoms with Crippen molar-refractivity contribution in [2.24, 2.45) is 0 Å². The fourth-order valence-electron chi connectivity index (χ4n) is 1.35. The molecule has 0 spiro atoms. The van der Waals surface area contributed by atoms with E-state index in [9.17, 15) is 4.79 Å². The Labute approximate surface area is 86.8 Å². The molecule has 0 aromatic carbocycles. The number of nitrogens with zero attached hydrogens (tertiary/aromatic N) is 4. The van der Waals surface area contributed by atoms with Crippen LogP contribution in [0.3, 0.4) is 0 Å². The van der Waals surface area contributed by atoms with Gasteiger partial charge in [0, 0.05) is 18.3 Å². The lowest BCUT2D eigenvalue weighted by molar-refractivity contribution is 0.102. The van der Waals surface area contributed by atoms with Crippen LogP contribution in [0, 0.1) is 0 Å². The average Bonchev–Trinajstić information content (AvgIpc) is 2.77. The van der Waals surface area contributed by atoms with E-state index in [4.69, 9.17) is 0 Å². The van der Waals surface area contributed by atoms with Crippen molar-refractivity contribution in [3.63, 3.8) is 0 Å². The molecule has 0 aliphatic heterocycles. The van der Waals surface area contributed by atoms with E-state index in [1.807, 2.05) is 6.92 Å². The van der Waals surface area contributed by atoms with Crippen LogP contribution in [-0.4, -0.2) is 25.8 Å². The van der Waals surface area contributed by atoms with E-state index in [1.165, 1.54) is 12.4 Å². The molecule has 0 fully saturated rings. The summed E-state index contributed by atoms with van der Waals surface area (Å²) in [7, 11) is 0. The second-order valence-corrected chi connectivity index (χ2v) is 2.99. The molecule has 15 heavy (non-hydrogen) atoms. The molecule has 5 heteroatoms. The van der Waals surface area contributed by atoms with Crippen LogP contribution in [0.4, 0.5) is 0 Å². The van der Waals surface area contributed by atoms with E-state index in [-0.39, 0.29) is 5.78 Å². The standard InChI is InChI=1S/C10H10N4O/c1-2-14-9(4-6-13-14)10(15)8-3-5-11-12-7-8/h3-7H,2H2,1H3. The first-order chi connectivity index (χ1) is 7.33. The number of carbonyl (C=O) groups excluding carboxylic acids is 1. The van der Waals surface area contributed by atoms with Gasteiger partial charge in [0.2, 0.25) is 5.78 Å². The molecule has 0 radical (unpaired) electrons. The summed E-state index contributed by atoms with van der Waals surface area (Å²) < 4.78 is 1.66. The number of ketones is 1. The maximum Gasteiger partial charge on any atom is 0.212 e. The summed E-state index contributed by atoms with van der Waals surface area (Å²) in [6.45, 7) is 2.61. The van der Waals surface area contributed by atoms with Gasteiger partial charge in [0.05, 0.1) is 12.4 Å². The molecule has 0 unspecified atom stereocenters. The average molecular weight is 202 g/mol. The van der Waals surface area contributed by atoms with Crippen LogP contribution in [-0.2, 0) is 6.54 Å². The molecule has 0 N–H and O–H groups in total. The van der Waals surface area contributed by atoms with Crippen LogP contribution in [0.2, 0.25) is 0 Å². The van der Waals surface area contributed by atoms with Crippen LogP contribution in [0.15, 0.2) is 30.7 Å². The number of hydrogen-bond acceptors (Lipinski definition) is 4. The molecule has 0 saturated heterocycles. The Morgan fingerprint density at radius 2 is 2.20 bits per heavy atom. The van der Waals surface area contributed by atoms with Crippen molar-refractivity contribution in [2.75, 3.05) is 0 Å². The monoisotopic (exact) mass is 202 g/mol. The van der Waals surface area contributed by atoms with Gasteiger partial charge in [-0.15, -0.1) is 0 Å². The summed E-state index contributed by atoms with van der Waals surface area (Å²) in [5, 5.41) is 11.3. The zero-order chi connectivity index (χ0) is 10.7. The van der Waals surface area contributed by atoms with Crippen LogP contribution < -0.4 is 0 Å². The minimum Gasteiger partial charge on any atom is -0.287 e. The Kier molecular flexibility index (Phi) is 2.53. The van der Waals surface area contributed by atoms with Crippen LogP contribution in [0.5, 0.6) is 0 Å². The topological polar surface area (TPSA) is 60.7 Å². The maximum absolute atomic E-state index is 12.0. The largest absolute Gasteiger partial charge is 0.287 e. The number of carbonyl (C=O) groups is 1. The molecule has 0 aliphatic rings. The van der Waals surface area contributed by atoms with E-state index in [0.717, 1.165) is 0 Å². The van der Waals surface area contributed by atoms with E-state index in [2.05, 4.69) is 15.3 Å². The Morgan fingerprint density at radius 1 is 1.33 bits per heavy atom. The van der Waals surface area contributed by atoms with Crippen molar-refractivity contribution in [3.05, 3.63) is 42.0 Å². The predicted molar refractivity (Wildman–Crippen MR) is 53.4 cm³/mol. The summed E-state index contributed by atoms with van der Waals surface area (Å²) in [6, 6.07) is 3.34. The summed E-state index contributed by atoms with van der Waals surface area (Å²) >= 11 is 0. The molecular formula is C10H10N4O. The van der Waals surface area contributed by atoms with Crippen molar-refractivity contribution in [2.45, 2.75) is 13.5 Å². The third-order valence-electron chi connectivity index (χ3n) is 2.10. The molecule has 2 aromatic heterocycles. The quantitative estimate of drug-likeness (QED) is 0.694. The molecule has 0 bridgehead atoms. The Balaban J connectivity index is 2.37. The molecule has 0 amide bonds. The van der Waals surface area contributed by atoms with Gasteiger partial charge in [-0.05, 0) is 19.1 Å². The highest BCUT2D eigenvalue weighted by Gasteiger charge is 2.13. The third kappa shape index (κ3) is 1.76. The normalized spacial score (nSPS) is 10.2. The van der Waals surface area contributed by atoms with Gasteiger partial charge in [-0.1, -0.05) is 0 Å². The van der Waals surface area contributed by atoms with E-state index in [0.29, 0.717) is 17.8 Å². The van der Waals surface area contributed by atoms with Crippen LogP contribution in [0.25, 0.3) is 0 Å². The summed E-state index contributed by atoms with van der Waals surface area (Å²) in [5.41, 5.74) is 1.10. The fourth-order valence-corrected chi connectivity index (χ4v) is 1.35. The van der Waals surface area contributed by atoms with Gasteiger partial charge in [0.1, 0.15) is 5.69 Å². The summed E-state index contributed by atoms with van der Waals surface area (Å²) in [5.74, 6) is -0.0794. The van der Waals surface area contributed by atoms with Gasteiger partial charge in [0.25, 0.3) is 0 Å². The number of hydrogen-bond donors (Lipinski definition) is 0. The van der Waals surface area contributed by atoms with Gasteiger partial charge in [-0.25, -0.2) is 0 Å². The molecule has 5 nitrogen and oxygen atoms in total. The highest BCUT2D eigenvalue weighted by Crippen LogP contribution is 2.07. The SMILES string of the molecule is CCn1nccc1C(=O)c1ccnnc1. The third-order valence-corrected chi connectivity index (χ3v) is 2.10. The minimum absolute atomic E-state index is 0.0794. The first kappa shape index (κ1) is 9.51. The van der Waals surface area contributed by atoms with E-state index < -0.39 is 0 Å². The van der Waals surface area contributed by atoms with Crippen molar-refractivity contribution in [1.82, 2.24) is 20.0 Å². The lowest BCUT2D eigenvalue weighted by Crippen LogP contribution is -2.10. The number of rotatable bonds is 3. The van der Waals surface area contributed by atoms with Gasteiger partial charge < -0.3 is 0 Å². The molecular weight excluding hydrogens is 192 g/mol. The van der Waals surface area contributed by atoms with Gasteiger partial charge in [0.15, 0.2) is 0 Å². The lowest BCUT2D eigenvalue weighted by atomic mass is 10.1. The molecule has 2 heterocycles. The second-order valence-electron chi connectivity index (χ2n) is 2.99. The molecule has 2 rings (SSSR count). The Hall–Kier alpha value is -2.04. The van der Waals surface area contributed by atoms with Crippen molar-refractivity contribution in [1.29, 1.82) is 0 Å². The minimum atomic E-state index is -0.0794. The molecule has 0 atom stereocenters. The molecule has 2 aromatic rings. The zero-order valence-electron chi connectivity index (χ0n) is 8.29. The van der Waals surface area contributed by atoms with Crippen molar-refractivity contribution >= 4 is 5.78 Å². The van der Waals surface area contributed by atoms with Gasteiger partial charge in [-0.3, -0.25) is 9.48 Å². The van der Waals surface area contributed by atoms with E-state index >= 15 is 0 Å². The van der Waals surface area contributed by atoms with Crippen LogP contribution in [0.1, 0.15) is 23.0 Å². The smallest absolute Gasteiger partial charge is 0.212 e. The number of aryl methyl sites for hydroxylation is 1. The van der Waals surface area contributed by atoms with Gasteiger partial charge in [-0.2, -0.15) is 15.3 Å². The molecule has 0 aliphatic carbocycles. The van der Waals surface area contributed by atoms with Crippen LogP contribution >= 0.6 is 0 Å². The lowest BCUT2D eigenvalue weighted by Gasteiger charge is -2.02. The highest BCUT2D eigenvalue weighted by atomic mass is 16.1. The summed E-state index contributed by atoms with van der Waals surface area (Å²) in [6.07, 6.45) is 4.57. The number of aromatic nitrogens is 4. The zero-order valence-corrected chi connectivity index (χ0v) is 8.29. The van der Waals surface area contributed by atoms with E-state index in [1.54, 1.807) is 23.0 Å². The highest BCUT2D eigenvalue weighted by molar-refractivity contribution is 6.07. The molecule has 0 saturated carbocycles. The molecule has 76 valence electrons. The second kappa shape index (κ2) is 4.00. The fraction of sp³-hybridized carbons (Fsp3) is 0.200. The Morgan fingerprint density at radius 3 is 2.87 bits per heavy atom. The van der Waals surface area contributed by atoms with Crippen molar-refractivity contribution < 1.29 is 4.79 Å². The maximum atomic E-state index is 12.0.